The number of hydrogen-bond donors (Lipinski definition) is 0. The van der Waals surface area contributed by atoms with Crippen LogP contribution in [0.2, 0.25) is 0 Å². The minimum atomic E-state index is 1.07. The van der Waals surface area contributed by atoms with Crippen LogP contribution >= 0.6 is 27.3 Å². The first-order valence-electron chi connectivity index (χ1n) is 4.34. The number of rotatable bonds is 0. The maximum atomic E-state index is 3.53. The molecule has 1 heterocycles. The van der Waals surface area contributed by atoms with E-state index in [-0.39, 0.29) is 0 Å². The van der Waals surface area contributed by atoms with Gasteiger partial charge in [0.15, 0.2) is 9.36 Å². The smallest absolute Gasteiger partial charge is 0.0638 e. The van der Waals surface area contributed by atoms with Gasteiger partial charge in [-0.15, -0.1) is 0 Å². The minimum Gasteiger partial charge on any atom is -0.0638 e. The van der Waals surface area contributed by atoms with Crippen molar-refractivity contribution in [2.75, 3.05) is 0 Å². The van der Waals surface area contributed by atoms with Crippen LogP contribution in [0.25, 0.3) is 20.6 Å². The van der Waals surface area contributed by atoms with Gasteiger partial charge in [-0.25, -0.2) is 0 Å². The van der Waals surface area contributed by atoms with Gasteiger partial charge in [0.05, 0.1) is 16.9 Å². The quantitative estimate of drug-likeness (QED) is 0.614. The number of halogens is 1. The van der Waals surface area contributed by atoms with E-state index in [1.807, 2.05) is 17.4 Å². The Bertz CT molecular complexity index is 561. The van der Waals surface area contributed by atoms with Crippen LogP contribution < -0.4 is 0 Å². The average molecular weight is 262 g/mol. The summed E-state index contributed by atoms with van der Waals surface area (Å²) in [6.45, 7) is 0. The van der Waals surface area contributed by atoms with Gasteiger partial charge in [0.25, 0.3) is 0 Å². The molecule has 0 spiro atoms. The van der Waals surface area contributed by atoms with Gasteiger partial charge in [0.2, 0.25) is 0 Å². The molecular formula is C12H6BrS+. The van der Waals surface area contributed by atoms with Crippen LogP contribution in [0.4, 0.5) is 0 Å². The highest BCUT2D eigenvalue weighted by molar-refractivity contribution is 9.15. The molecule has 2 aromatic rings. The van der Waals surface area contributed by atoms with E-state index in [4.69, 9.17) is 0 Å². The molecule has 2 heteroatoms. The summed E-state index contributed by atoms with van der Waals surface area (Å²) in [5.41, 5.74) is 1.32. The van der Waals surface area contributed by atoms with Crippen LogP contribution in [-0.2, 0) is 0 Å². The van der Waals surface area contributed by atoms with E-state index in [1.54, 1.807) is 0 Å². The van der Waals surface area contributed by atoms with Gasteiger partial charge in [0.1, 0.15) is 11.6 Å². The average Bonchev–Trinajstić information content (AvgIpc) is 2.59. The molecule has 0 unspecified atom stereocenters. The minimum absolute atomic E-state index is 1.07. The summed E-state index contributed by atoms with van der Waals surface area (Å²) in [7, 11) is 0. The SMILES string of the molecule is BrC1=[C+]C=Cc2c1sc1ccccc21. The fraction of sp³-hybridized carbons (Fsp3) is 0. The van der Waals surface area contributed by atoms with Crippen molar-refractivity contribution in [3.63, 3.8) is 0 Å². The largest absolute Gasteiger partial charge is 0.199 e. The Balaban J connectivity index is 2.46. The third-order valence-corrected chi connectivity index (χ3v) is 4.39. The zero-order valence-corrected chi connectivity index (χ0v) is 9.65. The summed E-state index contributed by atoms with van der Waals surface area (Å²) in [6.07, 6.45) is 7.25. The van der Waals surface area contributed by atoms with E-state index in [0.717, 1.165) is 4.48 Å². The molecule has 0 saturated heterocycles. The lowest BCUT2D eigenvalue weighted by Crippen LogP contribution is -1.80. The lowest BCUT2D eigenvalue weighted by molar-refractivity contribution is 1.77. The summed E-state index contributed by atoms with van der Waals surface area (Å²) in [6, 6.07) is 8.49. The van der Waals surface area contributed by atoms with E-state index in [2.05, 4.69) is 52.3 Å². The van der Waals surface area contributed by atoms with E-state index in [1.165, 1.54) is 20.5 Å². The lowest BCUT2D eigenvalue weighted by Gasteiger charge is -1.91. The molecule has 0 N–H and O–H groups in total. The van der Waals surface area contributed by atoms with E-state index >= 15 is 0 Å². The third kappa shape index (κ3) is 1.09. The van der Waals surface area contributed by atoms with E-state index in [0.29, 0.717) is 0 Å². The molecule has 0 nitrogen and oxygen atoms in total. The monoisotopic (exact) mass is 261 g/mol. The van der Waals surface area contributed by atoms with Crippen molar-refractivity contribution >= 4 is 47.9 Å². The molecule has 1 aromatic heterocycles. The first kappa shape index (κ1) is 8.37. The first-order valence-corrected chi connectivity index (χ1v) is 5.94. The second-order valence-electron chi connectivity index (χ2n) is 3.13. The lowest BCUT2D eigenvalue weighted by atomic mass is 10.1. The summed E-state index contributed by atoms with van der Waals surface area (Å²) >= 11 is 5.34. The molecule has 0 saturated carbocycles. The van der Waals surface area contributed by atoms with E-state index in [9.17, 15) is 0 Å². The Hall–Kier alpha value is -0.950. The molecule has 1 aliphatic carbocycles. The summed E-state index contributed by atoms with van der Waals surface area (Å²) in [5, 5.41) is 1.34. The van der Waals surface area contributed by atoms with Crippen molar-refractivity contribution in [1.82, 2.24) is 0 Å². The Morgan fingerprint density at radius 1 is 1.21 bits per heavy atom. The fourth-order valence-electron chi connectivity index (χ4n) is 1.66. The fourth-order valence-corrected chi connectivity index (χ4v) is 3.34. The van der Waals surface area contributed by atoms with Crippen LogP contribution in [0.1, 0.15) is 10.4 Å². The topological polar surface area (TPSA) is 0 Å². The number of hydrogen-bond acceptors (Lipinski definition) is 1. The highest BCUT2D eigenvalue weighted by Crippen LogP contribution is 2.40. The molecule has 66 valence electrons. The van der Waals surface area contributed by atoms with Gasteiger partial charge in [-0.1, -0.05) is 29.5 Å². The number of benzene rings is 1. The second kappa shape index (κ2) is 3.03. The molecular weight excluding hydrogens is 256 g/mol. The highest BCUT2D eigenvalue weighted by atomic mass is 79.9. The summed E-state index contributed by atoms with van der Waals surface area (Å²) in [5.74, 6) is 0. The third-order valence-electron chi connectivity index (χ3n) is 2.29. The molecule has 0 amide bonds. The Morgan fingerprint density at radius 3 is 3.00 bits per heavy atom. The first-order chi connectivity index (χ1) is 6.86. The summed E-state index contributed by atoms with van der Waals surface area (Å²) < 4.78 is 2.40. The Labute approximate surface area is 94.7 Å². The van der Waals surface area contributed by atoms with Crippen molar-refractivity contribution in [2.24, 2.45) is 0 Å². The van der Waals surface area contributed by atoms with Crippen molar-refractivity contribution in [3.05, 3.63) is 46.9 Å². The van der Waals surface area contributed by atoms with Gasteiger partial charge in [-0.05, 0) is 22.0 Å². The molecule has 0 fully saturated rings. The van der Waals surface area contributed by atoms with Gasteiger partial charge < -0.3 is 0 Å². The maximum absolute atomic E-state index is 3.53. The predicted molar refractivity (Wildman–Crippen MR) is 66.4 cm³/mol. The van der Waals surface area contributed by atoms with Crippen molar-refractivity contribution < 1.29 is 0 Å². The maximum Gasteiger partial charge on any atom is 0.199 e. The van der Waals surface area contributed by atoms with Crippen LogP contribution in [0, 0.1) is 6.08 Å². The standard InChI is InChI=1S/C12H6BrS/c13-10-6-3-5-9-8-4-1-2-7-11(8)14-12(9)10/h1-5,7H/q+1. The number of thiophene rings is 1. The van der Waals surface area contributed by atoms with Crippen molar-refractivity contribution in [2.45, 2.75) is 0 Å². The van der Waals surface area contributed by atoms with Crippen LogP contribution in [-0.4, -0.2) is 0 Å². The Morgan fingerprint density at radius 2 is 2.07 bits per heavy atom. The van der Waals surface area contributed by atoms with Crippen molar-refractivity contribution in [1.29, 1.82) is 0 Å². The molecule has 14 heavy (non-hydrogen) atoms. The van der Waals surface area contributed by atoms with Crippen molar-refractivity contribution in [3.8, 4) is 0 Å². The van der Waals surface area contributed by atoms with Crippen LogP contribution in [0.3, 0.4) is 0 Å². The van der Waals surface area contributed by atoms with Gasteiger partial charge >= 0.3 is 0 Å². The number of allylic oxidation sites excluding steroid dienone is 2. The predicted octanol–water partition coefficient (Wildman–Crippen LogP) is 4.47. The van der Waals surface area contributed by atoms with Crippen LogP contribution in [0.5, 0.6) is 0 Å². The molecule has 0 radical (unpaired) electrons. The van der Waals surface area contributed by atoms with Gasteiger partial charge in [-0.2, -0.15) is 0 Å². The Kier molecular flexibility index (Phi) is 1.81. The second-order valence-corrected chi connectivity index (χ2v) is 4.98. The zero-order valence-electron chi connectivity index (χ0n) is 7.25. The van der Waals surface area contributed by atoms with Crippen LogP contribution in [0.15, 0.2) is 30.3 Å². The zero-order chi connectivity index (χ0) is 9.54. The normalized spacial score (nSPS) is 13.6. The molecule has 0 aliphatic heterocycles. The highest BCUT2D eigenvalue weighted by Gasteiger charge is 2.22. The molecule has 0 bridgehead atoms. The molecule has 1 aromatic carbocycles. The van der Waals surface area contributed by atoms with Gasteiger partial charge in [-0.3, -0.25) is 0 Å². The number of fused-ring (bicyclic) bond motifs is 3. The molecule has 1 aliphatic rings. The molecule has 0 atom stereocenters. The van der Waals surface area contributed by atoms with E-state index < -0.39 is 0 Å². The van der Waals surface area contributed by atoms with Gasteiger partial charge in [0, 0.05) is 5.39 Å². The summed E-state index contributed by atoms with van der Waals surface area (Å²) in [4.78, 5) is 1.29. The molecule has 3 rings (SSSR count).